The van der Waals surface area contributed by atoms with Gasteiger partial charge in [-0.15, -0.1) is 0 Å². The third kappa shape index (κ3) is 2.34. The van der Waals surface area contributed by atoms with Crippen LogP contribution < -0.4 is 9.64 Å². The van der Waals surface area contributed by atoms with Crippen molar-refractivity contribution >= 4 is 11.8 Å². The van der Waals surface area contributed by atoms with Gasteiger partial charge in [-0.05, 0) is 46.9 Å². The van der Waals surface area contributed by atoms with Gasteiger partial charge in [-0.2, -0.15) is 0 Å². The van der Waals surface area contributed by atoms with Crippen molar-refractivity contribution in [3.63, 3.8) is 0 Å². The van der Waals surface area contributed by atoms with Gasteiger partial charge in [0.15, 0.2) is 0 Å². The van der Waals surface area contributed by atoms with Gasteiger partial charge >= 0.3 is 0 Å². The fraction of sp³-hybridized carbons (Fsp3) is 0.231. The average molecular weight is 367 g/mol. The maximum Gasteiger partial charge on any atom is 0.229 e. The minimum atomic E-state index is -0.638. The third-order valence-corrected chi connectivity index (χ3v) is 6.00. The maximum atomic E-state index is 6.76. The van der Waals surface area contributed by atoms with E-state index in [-0.39, 0.29) is 5.41 Å². The number of para-hydroxylation sites is 1. The summed E-state index contributed by atoms with van der Waals surface area (Å²) in [5.41, 5.74) is 6.78. The summed E-state index contributed by atoms with van der Waals surface area (Å²) in [6, 6.07) is 23.7. The molecule has 0 bridgehead atoms. The van der Waals surface area contributed by atoms with Gasteiger partial charge < -0.3 is 9.64 Å². The first kappa shape index (κ1) is 17.1. The predicted molar refractivity (Wildman–Crippen MR) is 117 cm³/mol. The van der Waals surface area contributed by atoms with Gasteiger partial charge in [-0.3, -0.25) is 0 Å². The van der Waals surface area contributed by atoms with Crippen molar-refractivity contribution in [3.8, 4) is 16.9 Å². The number of anilines is 1. The number of ether oxygens (including phenoxy) is 1. The van der Waals surface area contributed by atoms with Crippen LogP contribution in [0, 0.1) is 0 Å². The van der Waals surface area contributed by atoms with Gasteiger partial charge in [-0.1, -0.05) is 69.3 Å². The van der Waals surface area contributed by atoms with E-state index < -0.39 is 5.72 Å². The Kier molecular flexibility index (Phi) is 3.51. The molecular weight excluding hydrogens is 342 g/mol. The molecule has 0 fully saturated rings. The Bertz CT molecular complexity index is 1110. The van der Waals surface area contributed by atoms with Crippen molar-refractivity contribution in [2.75, 3.05) is 11.9 Å². The van der Waals surface area contributed by atoms with Gasteiger partial charge in [0.25, 0.3) is 0 Å². The molecule has 1 atom stereocenters. The fourth-order valence-electron chi connectivity index (χ4n) is 4.35. The van der Waals surface area contributed by atoms with E-state index in [0.717, 1.165) is 11.3 Å². The van der Waals surface area contributed by atoms with Crippen LogP contribution in [0.3, 0.4) is 0 Å². The first-order valence-corrected chi connectivity index (χ1v) is 9.86. The highest BCUT2D eigenvalue weighted by Crippen LogP contribution is 2.50. The van der Waals surface area contributed by atoms with Gasteiger partial charge in [0, 0.05) is 29.4 Å². The molecule has 2 nitrogen and oxygen atoms in total. The van der Waals surface area contributed by atoms with Crippen molar-refractivity contribution < 1.29 is 4.74 Å². The van der Waals surface area contributed by atoms with E-state index in [0.29, 0.717) is 0 Å². The lowest BCUT2D eigenvalue weighted by molar-refractivity contribution is 0.116. The second-order valence-corrected chi connectivity index (χ2v) is 8.76. The van der Waals surface area contributed by atoms with Crippen molar-refractivity contribution in [1.29, 1.82) is 0 Å². The Labute approximate surface area is 167 Å². The van der Waals surface area contributed by atoms with Crippen molar-refractivity contribution in [1.82, 2.24) is 0 Å². The zero-order chi connectivity index (χ0) is 19.5. The van der Waals surface area contributed by atoms with Crippen molar-refractivity contribution in [2.24, 2.45) is 0 Å². The zero-order valence-electron chi connectivity index (χ0n) is 16.9. The molecule has 28 heavy (non-hydrogen) atoms. The van der Waals surface area contributed by atoms with E-state index in [2.05, 4.69) is 112 Å². The first-order chi connectivity index (χ1) is 13.4. The first-order valence-electron chi connectivity index (χ1n) is 9.86. The lowest BCUT2D eigenvalue weighted by atomic mass is 9.83. The van der Waals surface area contributed by atoms with E-state index in [1.807, 2.05) is 0 Å². The summed E-state index contributed by atoms with van der Waals surface area (Å²) in [5.74, 6) is 0.927. The Morgan fingerprint density at radius 3 is 2.36 bits per heavy atom. The molecule has 0 saturated carbocycles. The van der Waals surface area contributed by atoms with E-state index >= 15 is 0 Å². The van der Waals surface area contributed by atoms with E-state index in [1.54, 1.807) is 0 Å². The number of nitrogens with zero attached hydrogens (tertiary/aromatic N) is 1. The second kappa shape index (κ2) is 5.75. The predicted octanol–water partition coefficient (Wildman–Crippen LogP) is 6.36. The summed E-state index contributed by atoms with van der Waals surface area (Å²) in [5, 5.41) is 0. The highest BCUT2D eigenvalue weighted by Gasteiger charge is 2.44. The van der Waals surface area contributed by atoms with Gasteiger partial charge in [0.05, 0.1) is 0 Å². The van der Waals surface area contributed by atoms with Gasteiger partial charge in [0.1, 0.15) is 5.75 Å². The minimum absolute atomic E-state index is 0.116. The molecule has 0 aromatic heterocycles. The number of likely N-dealkylation sites (N-methyl/N-ethyl adjacent to an activating group) is 1. The van der Waals surface area contributed by atoms with Crippen LogP contribution in [-0.4, -0.2) is 7.05 Å². The Morgan fingerprint density at radius 1 is 0.857 bits per heavy atom. The summed E-state index contributed by atoms with van der Waals surface area (Å²) >= 11 is 0. The zero-order valence-corrected chi connectivity index (χ0v) is 16.9. The Morgan fingerprint density at radius 2 is 1.57 bits per heavy atom. The average Bonchev–Trinajstić information content (AvgIpc) is 2.71. The molecule has 0 aliphatic carbocycles. The number of fused-ring (bicyclic) bond motifs is 5. The van der Waals surface area contributed by atoms with Crippen LogP contribution in [0.15, 0.2) is 72.8 Å². The molecule has 0 amide bonds. The molecule has 3 aromatic carbocycles. The van der Waals surface area contributed by atoms with E-state index in [4.69, 9.17) is 4.74 Å². The summed E-state index contributed by atoms with van der Waals surface area (Å²) in [6.45, 7) is 6.73. The van der Waals surface area contributed by atoms with Crippen LogP contribution in [0.25, 0.3) is 17.2 Å². The summed E-state index contributed by atoms with van der Waals surface area (Å²) in [4.78, 5) is 2.25. The van der Waals surface area contributed by atoms with Crippen LogP contribution in [0.1, 0.15) is 37.5 Å². The van der Waals surface area contributed by atoms with Crippen LogP contribution in [0.2, 0.25) is 0 Å². The molecule has 5 rings (SSSR count). The molecule has 2 heteroatoms. The smallest absolute Gasteiger partial charge is 0.229 e. The fourth-order valence-corrected chi connectivity index (χ4v) is 4.35. The van der Waals surface area contributed by atoms with Crippen LogP contribution in [0.4, 0.5) is 5.69 Å². The number of hydrogen-bond donors (Lipinski definition) is 0. The molecule has 1 spiro atoms. The monoisotopic (exact) mass is 367 g/mol. The molecule has 140 valence electrons. The lowest BCUT2D eigenvalue weighted by Crippen LogP contribution is -2.50. The highest BCUT2D eigenvalue weighted by atomic mass is 16.5. The maximum absolute atomic E-state index is 6.76. The molecule has 2 heterocycles. The van der Waals surface area contributed by atoms with Gasteiger partial charge in [-0.25, -0.2) is 0 Å². The number of hydrogen-bond acceptors (Lipinski definition) is 2. The number of benzene rings is 3. The molecule has 0 saturated heterocycles. The normalized spacial score (nSPS) is 19.6. The molecular formula is C26H25NO. The molecule has 2 aliphatic heterocycles. The summed E-state index contributed by atoms with van der Waals surface area (Å²) in [7, 11) is 2.12. The largest absolute Gasteiger partial charge is 0.459 e. The molecule has 0 radical (unpaired) electrons. The Hall–Kier alpha value is -3.00. The number of rotatable bonds is 0. The SMILES string of the molecule is CN1c2ccccc2-c2ccccc2C12C=Cc1cc(C(C)(C)C)ccc1O2. The topological polar surface area (TPSA) is 12.5 Å². The van der Waals surface area contributed by atoms with Gasteiger partial charge in [0.2, 0.25) is 5.72 Å². The third-order valence-electron chi connectivity index (χ3n) is 6.00. The summed E-state index contributed by atoms with van der Waals surface area (Å²) in [6.07, 6.45) is 4.42. The van der Waals surface area contributed by atoms with Crippen LogP contribution in [0.5, 0.6) is 5.75 Å². The quantitative estimate of drug-likeness (QED) is 0.458. The van der Waals surface area contributed by atoms with E-state index in [9.17, 15) is 0 Å². The van der Waals surface area contributed by atoms with Crippen LogP contribution >= 0.6 is 0 Å². The molecule has 1 unspecified atom stereocenters. The highest BCUT2D eigenvalue weighted by molar-refractivity contribution is 5.87. The van der Waals surface area contributed by atoms with Crippen molar-refractivity contribution in [3.05, 3.63) is 89.5 Å². The van der Waals surface area contributed by atoms with Crippen molar-refractivity contribution in [2.45, 2.75) is 31.9 Å². The Balaban J connectivity index is 1.69. The second-order valence-electron chi connectivity index (χ2n) is 8.76. The summed E-state index contributed by atoms with van der Waals surface area (Å²) < 4.78 is 6.76. The van der Waals surface area contributed by atoms with Crippen LogP contribution in [-0.2, 0) is 11.1 Å². The molecule has 0 N–H and O–H groups in total. The molecule has 2 aliphatic rings. The standard InChI is InChI=1S/C26H25NO/c1-25(2,3)19-13-14-24-18(17-19)15-16-26(28-24)22-11-7-5-9-20(22)21-10-6-8-12-23(21)27(26)4/h5-17H,1-4H3. The minimum Gasteiger partial charge on any atom is -0.459 e. The van der Waals surface area contributed by atoms with E-state index in [1.165, 1.54) is 27.9 Å². The lowest BCUT2D eigenvalue weighted by Gasteiger charge is -2.47. The molecule has 3 aromatic rings.